The molecule has 1 atom stereocenters. The number of para-hydroxylation sites is 2. The molecule has 0 fully saturated rings. The summed E-state index contributed by atoms with van der Waals surface area (Å²) >= 11 is 0. The van der Waals surface area contributed by atoms with Crippen LogP contribution in [-0.2, 0) is 0 Å². The van der Waals surface area contributed by atoms with Crippen molar-refractivity contribution in [2.75, 3.05) is 33.1 Å². The van der Waals surface area contributed by atoms with Crippen LogP contribution in [0.2, 0.25) is 0 Å². The molecule has 4 rings (SSSR count). The molecule has 2 heterocycles. The van der Waals surface area contributed by atoms with Crippen molar-refractivity contribution in [3.05, 3.63) is 78.6 Å². The fourth-order valence-corrected chi connectivity index (χ4v) is 3.54. The lowest BCUT2D eigenvalue weighted by Crippen LogP contribution is -2.27. The van der Waals surface area contributed by atoms with Gasteiger partial charge in [0, 0.05) is 35.5 Å². The fraction of sp³-hybridized carbons (Fsp3) is 0.208. The molecule has 2 aromatic heterocycles. The van der Waals surface area contributed by atoms with Crippen molar-refractivity contribution in [3.8, 4) is 17.1 Å². The van der Waals surface area contributed by atoms with Crippen LogP contribution >= 0.6 is 0 Å². The van der Waals surface area contributed by atoms with E-state index in [1.165, 1.54) is 0 Å². The van der Waals surface area contributed by atoms with Gasteiger partial charge >= 0.3 is 0 Å². The van der Waals surface area contributed by atoms with Gasteiger partial charge in [0.15, 0.2) is 5.82 Å². The van der Waals surface area contributed by atoms with E-state index >= 15 is 0 Å². The summed E-state index contributed by atoms with van der Waals surface area (Å²) in [6.45, 7) is 0.668. The molecule has 0 saturated carbocycles. The van der Waals surface area contributed by atoms with E-state index in [1.54, 1.807) is 19.5 Å². The summed E-state index contributed by atoms with van der Waals surface area (Å²) in [5, 5.41) is 4.55. The Balaban J connectivity index is 1.70. The molecule has 1 N–H and O–H groups in total. The van der Waals surface area contributed by atoms with E-state index in [0.29, 0.717) is 12.4 Å². The van der Waals surface area contributed by atoms with Crippen LogP contribution in [0.15, 0.2) is 73.1 Å². The van der Waals surface area contributed by atoms with Crippen LogP contribution in [0, 0.1) is 0 Å². The molecular formula is C24H25N5O. The molecule has 4 aromatic rings. The Morgan fingerprint density at radius 1 is 0.967 bits per heavy atom. The third-order valence-electron chi connectivity index (χ3n) is 5.11. The van der Waals surface area contributed by atoms with Gasteiger partial charge in [0.05, 0.1) is 18.7 Å². The van der Waals surface area contributed by atoms with Gasteiger partial charge in [-0.2, -0.15) is 0 Å². The number of aromatic nitrogens is 3. The van der Waals surface area contributed by atoms with E-state index in [9.17, 15) is 0 Å². The van der Waals surface area contributed by atoms with Crippen molar-refractivity contribution in [1.29, 1.82) is 0 Å². The monoisotopic (exact) mass is 399 g/mol. The van der Waals surface area contributed by atoms with Crippen LogP contribution in [0.1, 0.15) is 11.6 Å². The highest BCUT2D eigenvalue weighted by Crippen LogP contribution is 2.30. The van der Waals surface area contributed by atoms with E-state index < -0.39 is 0 Å². The van der Waals surface area contributed by atoms with Gasteiger partial charge < -0.3 is 15.0 Å². The molecule has 0 saturated heterocycles. The highest BCUT2D eigenvalue weighted by molar-refractivity contribution is 5.90. The fourth-order valence-electron chi connectivity index (χ4n) is 3.54. The quantitative estimate of drug-likeness (QED) is 0.496. The molecule has 0 bridgehead atoms. The number of nitrogens with one attached hydrogen (secondary N) is 1. The predicted octanol–water partition coefficient (Wildman–Crippen LogP) is 4.42. The van der Waals surface area contributed by atoms with E-state index in [2.05, 4.69) is 35.4 Å². The lowest BCUT2D eigenvalue weighted by Gasteiger charge is -2.27. The summed E-state index contributed by atoms with van der Waals surface area (Å²) in [6.07, 6.45) is 3.53. The normalized spacial score (nSPS) is 12.1. The van der Waals surface area contributed by atoms with Gasteiger partial charge in [-0.3, -0.25) is 4.98 Å². The van der Waals surface area contributed by atoms with Crippen molar-refractivity contribution in [3.63, 3.8) is 0 Å². The van der Waals surface area contributed by atoms with Gasteiger partial charge in [-0.05, 0) is 44.4 Å². The van der Waals surface area contributed by atoms with Gasteiger partial charge in [-0.25, -0.2) is 9.97 Å². The molecule has 152 valence electrons. The molecule has 6 heteroatoms. The maximum absolute atomic E-state index is 5.59. The summed E-state index contributed by atoms with van der Waals surface area (Å²) in [7, 11) is 5.84. The number of ether oxygens (including phenoxy) is 1. The van der Waals surface area contributed by atoms with E-state index in [4.69, 9.17) is 14.7 Å². The Morgan fingerprint density at radius 3 is 2.53 bits per heavy atom. The summed E-state index contributed by atoms with van der Waals surface area (Å²) in [5.41, 5.74) is 2.91. The highest BCUT2D eigenvalue weighted by atomic mass is 16.5. The average molecular weight is 399 g/mol. The molecule has 0 spiro atoms. The van der Waals surface area contributed by atoms with Gasteiger partial charge in [-0.15, -0.1) is 0 Å². The van der Waals surface area contributed by atoms with Crippen molar-refractivity contribution in [2.45, 2.75) is 6.04 Å². The minimum Gasteiger partial charge on any atom is -0.496 e. The van der Waals surface area contributed by atoms with Gasteiger partial charge in [-0.1, -0.05) is 30.3 Å². The number of methoxy groups -OCH3 is 1. The number of anilines is 1. The summed E-state index contributed by atoms with van der Waals surface area (Å²) in [5.74, 6) is 2.34. The van der Waals surface area contributed by atoms with Crippen LogP contribution in [0.5, 0.6) is 5.75 Å². The molecule has 0 aliphatic rings. The Bertz CT molecular complexity index is 1130. The van der Waals surface area contributed by atoms with Crippen LogP contribution in [0.4, 0.5) is 5.82 Å². The largest absolute Gasteiger partial charge is 0.496 e. The van der Waals surface area contributed by atoms with Crippen molar-refractivity contribution >= 4 is 16.7 Å². The topological polar surface area (TPSA) is 63.2 Å². The average Bonchev–Trinajstić information content (AvgIpc) is 2.79. The van der Waals surface area contributed by atoms with Gasteiger partial charge in [0.25, 0.3) is 0 Å². The first kappa shape index (κ1) is 19.8. The maximum atomic E-state index is 5.59. The number of rotatable bonds is 7. The van der Waals surface area contributed by atoms with Crippen molar-refractivity contribution in [2.24, 2.45) is 0 Å². The Kier molecular flexibility index (Phi) is 5.86. The molecule has 0 aliphatic carbocycles. The SMILES string of the molecule is COc1ccccc1C(CNc1nc(-c2cccnc2)nc2ccccc12)N(C)C. The second kappa shape index (κ2) is 8.88. The second-order valence-electron chi connectivity index (χ2n) is 7.26. The second-order valence-corrected chi connectivity index (χ2v) is 7.26. The minimum atomic E-state index is 0.108. The predicted molar refractivity (Wildman–Crippen MR) is 121 cm³/mol. The van der Waals surface area contributed by atoms with Crippen LogP contribution < -0.4 is 10.1 Å². The molecule has 0 radical (unpaired) electrons. The van der Waals surface area contributed by atoms with E-state index in [1.807, 2.05) is 54.6 Å². The number of likely N-dealkylation sites (N-methyl/N-ethyl adjacent to an activating group) is 1. The third-order valence-corrected chi connectivity index (χ3v) is 5.11. The highest BCUT2D eigenvalue weighted by Gasteiger charge is 2.19. The van der Waals surface area contributed by atoms with Gasteiger partial charge in [0.1, 0.15) is 11.6 Å². The third kappa shape index (κ3) is 4.09. The maximum Gasteiger partial charge on any atom is 0.163 e. The Labute approximate surface area is 176 Å². The summed E-state index contributed by atoms with van der Waals surface area (Å²) < 4.78 is 5.59. The van der Waals surface area contributed by atoms with Gasteiger partial charge in [0.2, 0.25) is 0 Å². The first-order valence-corrected chi connectivity index (χ1v) is 9.88. The number of pyridine rings is 1. The number of hydrogen-bond donors (Lipinski definition) is 1. The van der Waals surface area contributed by atoms with Crippen LogP contribution in [0.25, 0.3) is 22.3 Å². The lowest BCUT2D eigenvalue weighted by molar-refractivity contribution is 0.300. The zero-order valence-corrected chi connectivity index (χ0v) is 17.4. The standard InChI is InChI=1S/C24H25N5O/c1-29(2)21(19-11-5-7-13-22(19)30-3)16-26-24-18-10-4-6-12-20(18)27-23(28-24)17-9-8-14-25-15-17/h4-15,21H,16H2,1-3H3,(H,26,27,28). The lowest BCUT2D eigenvalue weighted by atomic mass is 10.0. The number of fused-ring (bicyclic) bond motifs is 1. The van der Waals surface area contributed by atoms with Crippen LogP contribution in [-0.4, -0.2) is 47.6 Å². The first-order chi connectivity index (χ1) is 14.7. The van der Waals surface area contributed by atoms with Crippen molar-refractivity contribution in [1.82, 2.24) is 19.9 Å². The zero-order valence-electron chi connectivity index (χ0n) is 17.4. The number of nitrogens with zero attached hydrogens (tertiary/aromatic N) is 4. The van der Waals surface area contributed by atoms with Crippen molar-refractivity contribution < 1.29 is 4.74 Å². The molecule has 30 heavy (non-hydrogen) atoms. The molecule has 2 aromatic carbocycles. The molecule has 0 aliphatic heterocycles. The molecule has 0 amide bonds. The zero-order chi connectivity index (χ0) is 20.9. The Morgan fingerprint density at radius 2 is 1.77 bits per heavy atom. The smallest absolute Gasteiger partial charge is 0.163 e. The van der Waals surface area contributed by atoms with Crippen LogP contribution in [0.3, 0.4) is 0 Å². The van der Waals surface area contributed by atoms with E-state index in [-0.39, 0.29) is 6.04 Å². The minimum absolute atomic E-state index is 0.108. The Hall–Kier alpha value is -3.51. The summed E-state index contributed by atoms with van der Waals surface area (Å²) in [6, 6.07) is 20.1. The molecular weight excluding hydrogens is 374 g/mol. The molecule has 1 unspecified atom stereocenters. The number of benzene rings is 2. The summed E-state index contributed by atoms with van der Waals surface area (Å²) in [4.78, 5) is 15.9. The first-order valence-electron chi connectivity index (χ1n) is 9.88. The van der Waals surface area contributed by atoms with E-state index in [0.717, 1.165) is 33.6 Å². The number of hydrogen-bond acceptors (Lipinski definition) is 6. The molecule has 6 nitrogen and oxygen atoms in total.